The highest BCUT2D eigenvalue weighted by atomic mass is 32.1. The molecule has 1 atom stereocenters. The second-order valence-corrected chi connectivity index (χ2v) is 9.63. The molecule has 1 heterocycles. The number of carbonyl (C=O) groups is 2. The molecule has 1 unspecified atom stereocenters. The van der Waals surface area contributed by atoms with E-state index in [9.17, 15) is 19.7 Å². The lowest BCUT2D eigenvalue weighted by Gasteiger charge is -2.33. The van der Waals surface area contributed by atoms with Crippen LogP contribution in [0.25, 0.3) is 0 Å². The zero-order valence-electron chi connectivity index (χ0n) is 16.8. The number of nitro groups is 1. The second kappa shape index (κ2) is 7.94. The Morgan fingerprint density at radius 1 is 1.28 bits per heavy atom. The fourth-order valence-electron chi connectivity index (χ4n) is 3.77. The fourth-order valence-corrected chi connectivity index (χ4v) is 5.11. The van der Waals surface area contributed by atoms with Gasteiger partial charge in [0.2, 0.25) is 5.91 Å². The third kappa shape index (κ3) is 4.64. The van der Waals surface area contributed by atoms with Crippen molar-refractivity contribution in [2.45, 2.75) is 46.5 Å². The number of nitrogens with two attached hydrogens (primary N) is 1. The summed E-state index contributed by atoms with van der Waals surface area (Å²) in [6, 6.07) is 5.85. The van der Waals surface area contributed by atoms with Crippen molar-refractivity contribution >= 4 is 33.8 Å². The lowest BCUT2D eigenvalue weighted by atomic mass is 9.72. The van der Waals surface area contributed by atoms with Gasteiger partial charge in [-0.2, -0.15) is 0 Å². The first-order valence-electron chi connectivity index (χ1n) is 9.53. The maximum absolute atomic E-state index is 12.5. The lowest BCUT2D eigenvalue weighted by Crippen LogP contribution is -2.27. The summed E-state index contributed by atoms with van der Waals surface area (Å²) in [6.07, 6.45) is 2.71. The van der Waals surface area contributed by atoms with Crippen molar-refractivity contribution in [2.24, 2.45) is 17.1 Å². The molecule has 154 valence electrons. The lowest BCUT2D eigenvalue weighted by molar-refractivity contribution is -0.384. The molecule has 0 aliphatic heterocycles. The van der Waals surface area contributed by atoms with Crippen LogP contribution in [0, 0.1) is 21.4 Å². The number of nitro benzene ring substituents is 1. The van der Waals surface area contributed by atoms with Crippen molar-refractivity contribution in [1.29, 1.82) is 0 Å². The van der Waals surface area contributed by atoms with E-state index in [-0.39, 0.29) is 23.4 Å². The number of carbonyl (C=O) groups excluding carboxylic acids is 2. The SMILES string of the molecule is CC(C)(C)C1CCc2c(sc(NC(=O)Cc3ccc([N+](=O)[O-])cc3)c2C(N)=O)C1. The van der Waals surface area contributed by atoms with Crippen LogP contribution in [0.3, 0.4) is 0 Å². The molecule has 1 aliphatic rings. The van der Waals surface area contributed by atoms with Crippen LogP contribution in [0.5, 0.6) is 0 Å². The number of rotatable bonds is 5. The average Bonchev–Trinajstić information content (AvgIpc) is 2.98. The van der Waals surface area contributed by atoms with Crippen LogP contribution in [0.4, 0.5) is 10.7 Å². The number of amides is 2. The third-order valence-electron chi connectivity index (χ3n) is 5.50. The third-order valence-corrected chi connectivity index (χ3v) is 6.67. The highest BCUT2D eigenvalue weighted by Crippen LogP contribution is 2.44. The molecule has 0 fully saturated rings. The van der Waals surface area contributed by atoms with Crippen LogP contribution in [-0.4, -0.2) is 16.7 Å². The molecule has 1 aromatic heterocycles. The van der Waals surface area contributed by atoms with Gasteiger partial charge < -0.3 is 11.1 Å². The highest BCUT2D eigenvalue weighted by Gasteiger charge is 2.33. The Labute approximate surface area is 173 Å². The van der Waals surface area contributed by atoms with Gasteiger partial charge in [-0.3, -0.25) is 19.7 Å². The van der Waals surface area contributed by atoms with Crippen molar-refractivity contribution in [3.8, 4) is 0 Å². The molecule has 7 nitrogen and oxygen atoms in total. The molecule has 0 bridgehead atoms. The zero-order valence-corrected chi connectivity index (χ0v) is 17.6. The number of nitrogens with zero attached hydrogens (tertiary/aromatic N) is 1. The molecular weight excluding hydrogens is 390 g/mol. The van der Waals surface area contributed by atoms with Crippen LogP contribution >= 0.6 is 11.3 Å². The van der Waals surface area contributed by atoms with Crippen molar-refractivity contribution in [2.75, 3.05) is 5.32 Å². The number of primary amides is 1. The Balaban J connectivity index is 1.78. The van der Waals surface area contributed by atoms with Gasteiger partial charge in [-0.05, 0) is 41.7 Å². The molecule has 3 N–H and O–H groups in total. The Bertz CT molecular complexity index is 958. The fraction of sp³-hybridized carbons (Fsp3) is 0.429. The molecule has 2 amide bonds. The molecule has 3 rings (SSSR count). The monoisotopic (exact) mass is 415 g/mol. The summed E-state index contributed by atoms with van der Waals surface area (Å²) >= 11 is 1.43. The minimum atomic E-state index is -0.526. The van der Waals surface area contributed by atoms with Crippen molar-refractivity contribution in [3.05, 3.63) is 55.9 Å². The second-order valence-electron chi connectivity index (χ2n) is 8.53. The maximum Gasteiger partial charge on any atom is 0.269 e. The molecule has 0 spiro atoms. The topological polar surface area (TPSA) is 115 Å². The number of hydrogen-bond donors (Lipinski definition) is 2. The Hall–Kier alpha value is -2.74. The smallest absolute Gasteiger partial charge is 0.269 e. The molecule has 0 saturated heterocycles. The van der Waals surface area contributed by atoms with E-state index in [2.05, 4.69) is 26.1 Å². The summed E-state index contributed by atoms with van der Waals surface area (Å²) in [5.74, 6) is -0.298. The standard InChI is InChI=1S/C21H25N3O4S/c1-21(2,3)13-6-9-15-16(11-13)29-20(18(15)19(22)26)23-17(25)10-12-4-7-14(8-5-12)24(27)28/h4-5,7-8,13H,6,9-11H2,1-3H3,(H2,22,26)(H,23,25). The normalized spacial score (nSPS) is 16.2. The largest absolute Gasteiger partial charge is 0.365 e. The molecule has 2 aromatic rings. The molecule has 8 heteroatoms. The predicted molar refractivity (Wildman–Crippen MR) is 113 cm³/mol. The van der Waals surface area contributed by atoms with Crippen LogP contribution in [-0.2, 0) is 24.1 Å². The molecule has 1 aliphatic carbocycles. The molecule has 1 aromatic carbocycles. The van der Waals surface area contributed by atoms with Crippen molar-refractivity contribution < 1.29 is 14.5 Å². The summed E-state index contributed by atoms with van der Waals surface area (Å²) in [7, 11) is 0. The summed E-state index contributed by atoms with van der Waals surface area (Å²) in [5.41, 5.74) is 7.83. The van der Waals surface area contributed by atoms with Gasteiger partial charge in [0.1, 0.15) is 5.00 Å². The van der Waals surface area contributed by atoms with E-state index in [1.807, 2.05) is 0 Å². The van der Waals surface area contributed by atoms with Gasteiger partial charge in [-0.15, -0.1) is 11.3 Å². The van der Waals surface area contributed by atoms with E-state index in [0.717, 1.165) is 29.7 Å². The minimum absolute atomic E-state index is 0.0236. The van der Waals surface area contributed by atoms with Crippen molar-refractivity contribution in [3.63, 3.8) is 0 Å². The number of hydrogen-bond acceptors (Lipinski definition) is 5. The van der Waals surface area contributed by atoms with E-state index in [1.54, 1.807) is 12.1 Å². The number of anilines is 1. The van der Waals surface area contributed by atoms with E-state index < -0.39 is 10.8 Å². The van der Waals surface area contributed by atoms with Gasteiger partial charge in [-0.1, -0.05) is 32.9 Å². The van der Waals surface area contributed by atoms with Gasteiger partial charge in [0, 0.05) is 17.0 Å². The summed E-state index contributed by atoms with van der Waals surface area (Å²) in [6.45, 7) is 6.66. The maximum atomic E-state index is 12.5. The molecule has 0 radical (unpaired) electrons. The summed E-state index contributed by atoms with van der Waals surface area (Å²) < 4.78 is 0. The van der Waals surface area contributed by atoms with Crippen LogP contribution < -0.4 is 11.1 Å². The van der Waals surface area contributed by atoms with Gasteiger partial charge in [0.05, 0.1) is 16.9 Å². The first kappa shape index (κ1) is 21.0. The number of benzene rings is 1. The van der Waals surface area contributed by atoms with Gasteiger partial charge in [0.15, 0.2) is 0 Å². The number of fused-ring (bicyclic) bond motifs is 1. The first-order valence-corrected chi connectivity index (χ1v) is 10.4. The van der Waals surface area contributed by atoms with Gasteiger partial charge >= 0.3 is 0 Å². The Kier molecular flexibility index (Phi) is 5.75. The number of nitrogens with one attached hydrogen (secondary N) is 1. The molecular formula is C21H25N3O4S. The minimum Gasteiger partial charge on any atom is -0.365 e. The van der Waals surface area contributed by atoms with E-state index in [0.29, 0.717) is 22.0 Å². The zero-order chi connectivity index (χ0) is 21.3. The van der Waals surface area contributed by atoms with Crippen LogP contribution in [0.1, 0.15) is 53.6 Å². The van der Waals surface area contributed by atoms with E-state index in [1.165, 1.54) is 23.5 Å². The number of thiophene rings is 1. The average molecular weight is 416 g/mol. The van der Waals surface area contributed by atoms with Crippen LogP contribution in [0.15, 0.2) is 24.3 Å². The quantitative estimate of drug-likeness (QED) is 0.565. The summed E-state index contributed by atoms with van der Waals surface area (Å²) in [4.78, 5) is 36.0. The Morgan fingerprint density at radius 3 is 2.48 bits per heavy atom. The summed E-state index contributed by atoms with van der Waals surface area (Å²) in [5, 5.41) is 14.1. The van der Waals surface area contributed by atoms with E-state index in [4.69, 9.17) is 5.73 Å². The molecule has 0 saturated carbocycles. The van der Waals surface area contributed by atoms with Gasteiger partial charge in [0.25, 0.3) is 11.6 Å². The van der Waals surface area contributed by atoms with Crippen molar-refractivity contribution in [1.82, 2.24) is 0 Å². The molecule has 29 heavy (non-hydrogen) atoms. The first-order chi connectivity index (χ1) is 13.6. The number of non-ortho nitro benzene ring substituents is 1. The van der Waals surface area contributed by atoms with Crippen LogP contribution in [0.2, 0.25) is 0 Å². The Morgan fingerprint density at radius 2 is 1.93 bits per heavy atom. The predicted octanol–water partition coefficient (Wildman–Crippen LogP) is 4.09. The highest BCUT2D eigenvalue weighted by molar-refractivity contribution is 7.17. The van der Waals surface area contributed by atoms with E-state index >= 15 is 0 Å². The van der Waals surface area contributed by atoms with Gasteiger partial charge in [-0.25, -0.2) is 0 Å².